The number of benzene rings is 1. The third-order valence-corrected chi connectivity index (χ3v) is 6.49. The molecule has 0 amide bonds. The molecule has 0 saturated carbocycles. The minimum absolute atomic E-state index is 0.139. The van der Waals surface area contributed by atoms with E-state index in [0.717, 1.165) is 42.2 Å². The number of nitrogens with zero attached hydrogens (tertiary/aromatic N) is 5. The second kappa shape index (κ2) is 8.94. The molecule has 5 aromatic rings. The summed E-state index contributed by atoms with van der Waals surface area (Å²) in [5, 5.41) is 4.68. The molecule has 0 unspecified atom stereocenters. The van der Waals surface area contributed by atoms with Gasteiger partial charge >= 0.3 is 0 Å². The number of hydrogen-bond acceptors (Lipinski definition) is 6. The molecule has 7 heteroatoms. The van der Waals surface area contributed by atoms with Gasteiger partial charge in [-0.2, -0.15) is 4.98 Å². The lowest BCUT2D eigenvalue weighted by Crippen LogP contribution is -2.31. The zero-order valence-corrected chi connectivity index (χ0v) is 18.7. The van der Waals surface area contributed by atoms with Crippen LogP contribution in [0.2, 0.25) is 0 Å². The Bertz CT molecular complexity index is 1360. The summed E-state index contributed by atoms with van der Waals surface area (Å²) in [6.45, 7) is 2.39. The molecular formula is C27H25N7. The number of aromatic nitrogens is 5. The Morgan fingerprint density at radius 3 is 2.38 bits per heavy atom. The second-order valence-electron chi connectivity index (χ2n) is 8.54. The van der Waals surface area contributed by atoms with Gasteiger partial charge in [-0.25, -0.2) is 4.98 Å². The van der Waals surface area contributed by atoms with Gasteiger partial charge in [-0.1, -0.05) is 12.1 Å². The smallest absolute Gasteiger partial charge is 0.228 e. The van der Waals surface area contributed by atoms with Crippen LogP contribution in [0.5, 0.6) is 0 Å². The molecule has 1 aliphatic heterocycles. The topological polar surface area (TPSA) is 82.6 Å². The van der Waals surface area contributed by atoms with Crippen molar-refractivity contribution < 1.29 is 0 Å². The van der Waals surface area contributed by atoms with Gasteiger partial charge in [0.1, 0.15) is 5.82 Å². The van der Waals surface area contributed by atoms with Crippen molar-refractivity contribution in [2.24, 2.45) is 0 Å². The first-order valence-electron chi connectivity index (χ1n) is 11.6. The number of rotatable bonds is 6. The monoisotopic (exact) mass is 447 g/mol. The Morgan fingerprint density at radius 1 is 0.882 bits per heavy atom. The summed E-state index contributed by atoms with van der Waals surface area (Å²) >= 11 is 0. The summed E-state index contributed by atoms with van der Waals surface area (Å²) in [7, 11) is 0. The quantitative estimate of drug-likeness (QED) is 0.397. The van der Waals surface area contributed by atoms with Gasteiger partial charge in [0.25, 0.3) is 0 Å². The number of fused-ring (bicyclic) bond motifs is 2. The fraction of sp³-hybridized carbons (Fsp3) is 0.185. The van der Waals surface area contributed by atoms with E-state index in [1.807, 2.05) is 43.1 Å². The van der Waals surface area contributed by atoms with E-state index in [1.54, 1.807) is 0 Å². The lowest BCUT2D eigenvalue weighted by Gasteiger charge is -2.28. The molecule has 1 aromatic carbocycles. The van der Waals surface area contributed by atoms with Crippen LogP contribution in [0.3, 0.4) is 0 Å². The number of pyridine rings is 2. The molecule has 6 rings (SSSR count). The van der Waals surface area contributed by atoms with E-state index in [2.05, 4.69) is 67.6 Å². The summed E-state index contributed by atoms with van der Waals surface area (Å²) in [4.78, 5) is 23.9. The number of aromatic amines is 1. The Kier molecular flexibility index (Phi) is 5.35. The molecular weight excluding hydrogens is 422 g/mol. The van der Waals surface area contributed by atoms with Gasteiger partial charge in [-0.05, 0) is 59.2 Å². The molecule has 0 bridgehead atoms. The molecule has 0 saturated heterocycles. The zero-order chi connectivity index (χ0) is 22.7. The van der Waals surface area contributed by atoms with Crippen LogP contribution in [0.4, 0.5) is 11.8 Å². The Morgan fingerprint density at radius 2 is 1.62 bits per heavy atom. The summed E-state index contributed by atoms with van der Waals surface area (Å²) < 4.78 is 0. The van der Waals surface area contributed by atoms with Crippen LogP contribution < -0.4 is 10.2 Å². The van der Waals surface area contributed by atoms with Gasteiger partial charge in [-0.15, -0.1) is 0 Å². The van der Waals surface area contributed by atoms with Crippen molar-refractivity contribution in [1.82, 2.24) is 24.9 Å². The average molecular weight is 448 g/mol. The van der Waals surface area contributed by atoms with E-state index in [1.165, 1.54) is 22.4 Å². The molecule has 7 nitrogen and oxygen atoms in total. The highest BCUT2D eigenvalue weighted by Gasteiger charge is 2.21. The van der Waals surface area contributed by atoms with Crippen LogP contribution in [-0.2, 0) is 13.0 Å². The van der Waals surface area contributed by atoms with Gasteiger partial charge in [0.2, 0.25) is 5.95 Å². The molecule has 34 heavy (non-hydrogen) atoms. The fourth-order valence-corrected chi connectivity index (χ4v) is 4.68. The molecule has 0 atom stereocenters. The highest BCUT2D eigenvalue weighted by molar-refractivity contribution is 5.90. The van der Waals surface area contributed by atoms with E-state index >= 15 is 0 Å². The summed E-state index contributed by atoms with van der Waals surface area (Å²) in [5.74, 6) is 1.76. The normalized spacial score (nSPS) is 13.3. The first-order valence-corrected chi connectivity index (χ1v) is 11.6. The summed E-state index contributed by atoms with van der Waals surface area (Å²) in [5.41, 5.74) is 5.96. The molecule has 1 aliphatic rings. The predicted octanol–water partition coefficient (Wildman–Crippen LogP) is 4.55. The first-order chi connectivity index (χ1) is 16.8. The number of H-pyrrole nitrogens is 1. The molecule has 2 N–H and O–H groups in total. The molecule has 0 radical (unpaired) electrons. The van der Waals surface area contributed by atoms with Crippen LogP contribution in [0, 0.1) is 0 Å². The Labute approximate surface area is 198 Å². The van der Waals surface area contributed by atoms with Gasteiger partial charge in [0.05, 0.1) is 5.52 Å². The highest BCUT2D eigenvalue weighted by Crippen LogP contribution is 2.29. The molecule has 4 aromatic heterocycles. The number of anilines is 2. The first kappa shape index (κ1) is 20.4. The van der Waals surface area contributed by atoms with Crippen LogP contribution in [0.1, 0.15) is 28.3 Å². The zero-order valence-electron chi connectivity index (χ0n) is 18.7. The third kappa shape index (κ3) is 3.96. The number of nitrogens with one attached hydrogen (secondary N) is 2. The Balaban J connectivity index is 1.34. The van der Waals surface area contributed by atoms with E-state index < -0.39 is 0 Å². The number of hydrogen-bond donors (Lipinski definition) is 2. The maximum atomic E-state index is 5.01. The van der Waals surface area contributed by atoms with Crippen molar-refractivity contribution in [3.63, 3.8) is 0 Å². The maximum absolute atomic E-state index is 5.01. The maximum Gasteiger partial charge on any atom is 0.228 e. The lowest BCUT2D eigenvalue weighted by atomic mass is 9.92. The highest BCUT2D eigenvalue weighted by atomic mass is 15.3. The van der Waals surface area contributed by atoms with E-state index in [0.29, 0.717) is 6.54 Å². The largest absolute Gasteiger partial charge is 0.368 e. The van der Waals surface area contributed by atoms with Crippen LogP contribution in [0.15, 0.2) is 85.6 Å². The van der Waals surface area contributed by atoms with E-state index in [9.17, 15) is 0 Å². The molecule has 168 valence electrons. The SMILES string of the molecule is c1ccc2c(NCC(c3ccncc3)c3ccncc3)nc(N3CCc4[nH]ccc4C3)nc2c1. The minimum atomic E-state index is 0.139. The fourth-order valence-electron chi connectivity index (χ4n) is 4.68. The second-order valence-corrected chi connectivity index (χ2v) is 8.54. The predicted molar refractivity (Wildman–Crippen MR) is 134 cm³/mol. The van der Waals surface area contributed by atoms with Gasteiger partial charge < -0.3 is 15.2 Å². The van der Waals surface area contributed by atoms with Crippen LogP contribution in [0.25, 0.3) is 10.9 Å². The third-order valence-electron chi connectivity index (χ3n) is 6.49. The summed E-state index contributed by atoms with van der Waals surface area (Å²) in [6, 6.07) is 18.6. The van der Waals surface area contributed by atoms with Gasteiger partial charge in [0, 0.05) is 74.0 Å². The Hall–Kier alpha value is -4.26. The van der Waals surface area contributed by atoms with Crippen LogP contribution in [-0.4, -0.2) is 38.0 Å². The van der Waals surface area contributed by atoms with E-state index in [-0.39, 0.29) is 5.92 Å². The van der Waals surface area contributed by atoms with Crippen molar-refractivity contribution in [3.05, 3.63) is 108 Å². The van der Waals surface area contributed by atoms with Crippen molar-refractivity contribution in [3.8, 4) is 0 Å². The molecule has 5 heterocycles. The number of para-hydroxylation sites is 1. The molecule has 0 spiro atoms. The average Bonchev–Trinajstić information content (AvgIpc) is 3.38. The lowest BCUT2D eigenvalue weighted by molar-refractivity contribution is 0.702. The standard InChI is InChI=1S/C27H25N7/c1-2-4-25-22(3-1)26(33-27(32-25)34-16-10-24-21(18-34)9-15-30-24)31-17-23(19-5-11-28-12-6-19)20-7-13-29-14-8-20/h1-9,11-15,23,30H,10,16-18H2,(H,31,32,33). The van der Waals surface area contributed by atoms with Crippen molar-refractivity contribution >= 4 is 22.7 Å². The van der Waals surface area contributed by atoms with Crippen molar-refractivity contribution in [2.75, 3.05) is 23.3 Å². The molecule has 0 aliphatic carbocycles. The van der Waals surface area contributed by atoms with Crippen molar-refractivity contribution in [2.45, 2.75) is 18.9 Å². The molecule has 0 fully saturated rings. The minimum Gasteiger partial charge on any atom is -0.368 e. The van der Waals surface area contributed by atoms with E-state index in [4.69, 9.17) is 9.97 Å². The van der Waals surface area contributed by atoms with Crippen molar-refractivity contribution in [1.29, 1.82) is 0 Å². The van der Waals surface area contributed by atoms with Crippen LogP contribution >= 0.6 is 0 Å². The van der Waals surface area contributed by atoms with Gasteiger partial charge in [0.15, 0.2) is 0 Å². The van der Waals surface area contributed by atoms with Gasteiger partial charge in [-0.3, -0.25) is 9.97 Å². The summed E-state index contributed by atoms with van der Waals surface area (Å²) in [6.07, 6.45) is 10.3.